The van der Waals surface area contributed by atoms with Crippen LogP contribution in [0.15, 0.2) is 23.1 Å². The van der Waals surface area contributed by atoms with Crippen molar-refractivity contribution in [3.05, 3.63) is 28.8 Å². The third-order valence-electron chi connectivity index (χ3n) is 1.55. The van der Waals surface area contributed by atoms with Gasteiger partial charge in [0.2, 0.25) is 0 Å². The van der Waals surface area contributed by atoms with E-state index < -0.39 is 10.0 Å². The van der Waals surface area contributed by atoms with E-state index in [1.54, 1.807) is 6.92 Å². The van der Waals surface area contributed by atoms with Crippen LogP contribution in [0.5, 0.6) is 0 Å². The van der Waals surface area contributed by atoms with Gasteiger partial charge in [-0.2, -0.15) is 0 Å². The van der Waals surface area contributed by atoms with Crippen LogP contribution in [-0.4, -0.2) is 13.6 Å². The zero-order valence-electron chi connectivity index (χ0n) is 6.78. The second-order valence-electron chi connectivity index (χ2n) is 2.50. The molecule has 72 valence electrons. The summed E-state index contributed by atoms with van der Waals surface area (Å²) < 4.78 is 22.3. The van der Waals surface area contributed by atoms with Crippen molar-refractivity contribution in [2.24, 2.45) is 0 Å². The Labute approximate surface area is 81.2 Å². The predicted molar refractivity (Wildman–Crippen MR) is 48.3 cm³/mol. The van der Waals surface area contributed by atoms with Crippen LogP contribution >= 0.6 is 11.6 Å². The van der Waals surface area contributed by atoms with E-state index in [1.165, 1.54) is 23.1 Å². The highest BCUT2D eigenvalue weighted by molar-refractivity contribution is 7.89. The van der Waals surface area contributed by atoms with Crippen molar-refractivity contribution in [1.29, 1.82) is 0 Å². The first-order chi connectivity index (χ1) is 5.97. The van der Waals surface area contributed by atoms with Gasteiger partial charge < -0.3 is 5.21 Å². The molecule has 6 heteroatoms. The van der Waals surface area contributed by atoms with Gasteiger partial charge in [0.25, 0.3) is 10.0 Å². The zero-order valence-corrected chi connectivity index (χ0v) is 8.35. The Morgan fingerprint density at radius 3 is 2.54 bits per heavy atom. The highest BCUT2D eigenvalue weighted by atomic mass is 35.5. The molecular formula is C7H8ClNO3S. The molecular weight excluding hydrogens is 214 g/mol. The summed E-state index contributed by atoms with van der Waals surface area (Å²) in [6.45, 7) is 1.59. The molecule has 0 bridgehead atoms. The molecule has 0 unspecified atom stereocenters. The van der Waals surface area contributed by atoms with Crippen LogP contribution in [0.25, 0.3) is 0 Å². The van der Waals surface area contributed by atoms with Gasteiger partial charge in [-0.3, -0.25) is 0 Å². The summed E-state index contributed by atoms with van der Waals surface area (Å²) >= 11 is 5.63. The van der Waals surface area contributed by atoms with Crippen molar-refractivity contribution < 1.29 is 13.6 Å². The van der Waals surface area contributed by atoms with Crippen molar-refractivity contribution in [1.82, 2.24) is 4.89 Å². The first-order valence-corrected chi connectivity index (χ1v) is 5.25. The van der Waals surface area contributed by atoms with Crippen LogP contribution in [0.2, 0.25) is 5.02 Å². The van der Waals surface area contributed by atoms with Crippen molar-refractivity contribution in [3.8, 4) is 0 Å². The molecule has 1 aromatic rings. The SMILES string of the molecule is Cc1cc(Cl)ccc1S(=O)(=O)NO. The Balaban J connectivity index is 3.33. The van der Waals surface area contributed by atoms with Crippen molar-refractivity contribution >= 4 is 21.6 Å². The standard InChI is InChI=1S/C7H8ClNO3S/c1-5-4-6(8)2-3-7(5)13(11,12)9-10/h2-4,9-10H,1H3. The lowest BCUT2D eigenvalue weighted by Gasteiger charge is -2.04. The minimum Gasteiger partial charge on any atom is -0.302 e. The first kappa shape index (κ1) is 10.5. The largest absolute Gasteiger partial charge is 0.302 e. The number of rotatable bonds is 2. The molecule has 2 N–H and O–H groups in total. The molecule has 0 fully saturated rings. The third-order valence-corrected chi connectivity index (χ3v) is 3.06. The van der Waals surface area contributed by atoms with Gasteiger partial charge in [-0.1, -0.05) is 16.5 Å². The third kappa shape index (κ3) is 2.19. The molecule has 13 heavy (non-hydrogen) atoms. The van der Waals surface area contributed by atoms with Crippen molar-refractivity contribution in [3.63, 3.8) is 0 Å². The van der Waals surface area contributed by atoms with Crippen LogP contribution in [0, 0.1) is 6.92 Å². The van der Waals surface area contributed by atoms with E-state index in [0.29, 0.717) is 10.6 Å². The van der Waals surface area contributed by atoms with E-state index in [0.717, 1.165) is 0 Å². The van der Waals surface area contributed by atoms with E-state index in [-0.39, 0.29) is 4.90 Å². The number of hydrogen-bond acceptors (Lipinski definition) is 3. The molecule has 4 nitrogen and oxygen atoms in total. The first-order valence-electron chi connectivity index (χ1n) is 3.39. The lowest BCUT2D eigenvalue weighted by Crippen LogP contribution is -2.20. The number of halogens is 1. The van der Waals surface area contributed by atoms with Crippen LogP contribution in [-0.2, 0) is 10.0 Å². The fraction of sp³-hybridized carbons (Fsp3) is 0.143. The predicted octanol–water partition coefficient (Wildman–Crippen LogP) is 1.32. The summed E-state index contributed by atoms with van der Waals surface area (Å²) in [5.41, 5.74) is 0.481. The van der Waals surface area contributed by atoms with Crippen LogP contribution < -0.4 is 4.89 Å². The molecule has 0 aliphatic carbocycles. The molecule has 0 aliphatic heterocycles. The highest BCUT2D eigenvalue weighted by Gasteiger charge is 2.14. The number of nitrogens with one attached hydrogen (secondary N) is 1. The molecule has 0 saturated carbocycles. The fourth-order valence-electron chi connectivity index (χ4n) is 0.964. The summed E-state index contributed by atoms with van der Waals surface area (Å²) in [4.78, 5) is 1.26. The van der Waals surface area contributed by atoms with E-state index in [1.807, 2.05) is 0 Å². The van der Waals surface area contributed by atoms with Crippen LogP contribution in [0.1, 0.15) is 5.56 Å². The number of aryl methyl sites for hydroxylation is 1. The summed E-state index contributed by atoms with van der Waals surface area (Å²) in [6.07, 6.45) is 0. The second-order valence-corrected chi connectivity index (χ2v) is 4.57. The zero-order chi connectivity index (χ0) is 10.1. The Bertz CT molecular complexity index is 416. The highest BCUT2D eigenvalue weighted by Crippen LogP contribution is 2.18. The van der Waals surface area contributed by atoms with Crippen LogP contribution in [0.4, 0.5) is 0 Å². The molecule has 0 radical (unpaired) electrons. The van der Waals surface area contributed by atoms with E-state index in [4.69, 9.17) is 16.8 Å². The van der Waals surface area contributed by atoms with Crippen LogP contribution in [0.3, 0.4) is 0 Å². The Hall–Kier alpha value is -0.620. The maximum Gasteiger partial charge on any atom is 0.262 e. The minimum absolute atomic E-state index is 0.0133. The Kier molecular flexibility index (Phi) is 2.92. The van der Waals surface area contributed by atoms with Gasteiger partial charge in [-0.25, -0.2) is 8.42 Å². The lowest BCUT2D eigenvalue weighted by atomic mass is 10.2. The molecule has 0 saturated heterocycles. The van der Waals surface area contributed by atoms with E-state index >= 15 is 0 Å². The van der Waals surface area contributed by atoms with Gasteiger partial charge in [0.15, 0.2) is 0 Å². The summed E-state index contributed by atoms with van der Waals surface area (Å²) in [5, 5.41) is 8.82. The smallest absolute Gasteiger partial charge is 0.262 e. The number of sulfonamides is 1. The van der Waals surface area contributed by atoms with Gasteiger partial charge in [-0.05, 0) is 30.7 Å². The molecule has 0 atom stereocenters. The molecule has 1 rings (SSSR count). The number of hydrogen-bond donors (Lipinski definition) is 2. The monoisotopic (exact) mass is 221 g/mol. The quantitative estimate of drug-likeness (QED) is 0.741. The van der Waals surface area contributed by atoms with Gasteiger partial charge in [0, 0.05) is 5.02 Å². The van der Waals surface area contributed by atoms with Crippen molar-refractivity contribution in [2.75, 3.05) is 0 Å². The average molecular weight is 222 g/mol. The second kappa shape index (κ2) is 3.63. The molecule has 0 aromatic heterocycles. The Morgan fingerprint density at radius 2 is 2.08 bits per heavy atom. The number of benzene rings is 1. The maximum absolute atomic E-state index is 11.1. The average Bonchev–Trinajstić information content (AvgIpc) is 2.03. The molecule has 0 amide bonds. The summed E-state index contributed by atoms with van der Waals surface area (Å²) in [6, 6.07) is 4.28. The molecule has 0 spiro atoms. The topological polar surface area (TPSA) is 66.4 Å². The van der Waals surface area contributed by atoms with Crippen molar-refractivity contribution in [2.45, 2.75) is 11.8 Å². The van der Waals surface area contributed by atoms with Gasteiger partial charge in [0.1, 0.15) is 0 Å². The molecule has 1 aromatic carbocycles. The molecule has 0 aliphatic rings. The fourth-order valence-corrected chi connectivity index (χ4v) is 2.02. The normalized spacial score (nSPS) is 11.6. The summed E-state index contributed by atoms with van der Waals surface area (Å²) in [5.74, 6) is 0. The lowest BCUT2D eigenvalue weighted by molar-refractivity contribution is 0.242. The minimum atomic E-state index is -3.80. The maximum atomic E-state index is 11.1. The Morgan fingerprint density at radius 1 is 1.46 bits per heavy atom. The van der Waals surface area contributed by atoms with Gasteiger partial charge >= 0.3 is 0 Å². The molecule has 0 heterocycles. The van der Waals surface area contributed by atoms with E-state index in [2.05, 4.69) is 0 Å². The summed E-state index contributed by atoms with van der Waals surface area (Å²) in [7, 11) is -3.80. The van der Waals surface area contributed by atoms with Gasteiger partial charge in [-0.15, -0.1) is 0 Å². The van der Waals surface area contributed by atoms with E-state index in [9.17, 15) is 8.42 Å². The van der Waals surface area contributed by atoms with Gasteiger partial charge in [0.05, 0.1) is 4.90 Å².